The predicted octanol–water partition coefficient (Wildman–Crippen LogP) is 2.54. The quantitative estimate of drug-likeness (QED) is 0.613. The van der Waals surface area contributed by atoms with Crippen LogP contribution in [-0.2, 0) is 9.63 Å². The van der Waals surface area contributed by atoms with Gasteiger partial charge >= 0.3 is 6.03 Å². The van der Waals surface area contributed by atoms with Crippen LogP contribution in [0.3, 0.4) is 0 Å². The minimum absolute atomic E-state index is 0.0157. The molecule has 3 aliphatic heterocycles. The summed E-state index contributed by atoms with van der Waals surface area (Å²) < 4.78 is 0. The molecule has 0 unspecified atom stereocenters. The topological polar surface area (TPSA) is 90.0 Å². The van der Waals surface area contributed by atoms with Crippen molar-refractivity contribution in [2.24, 2.45) is 0 Å². The molecule has 1 aromatic rings. The highest BCUT2D eigenvalue weighted by molar-refractivity contribution is 6.32. The van der Waals surface area contributed by atoms with Crippen LogP contribution in [0.25, 0.3) is 0 Å². The normalized spacial score (nSPS) is 19.9. The van der Waals surface area contributed by atoms with Crippen molar-refractivity contribution in [3.8, 4) is 0 Å². The summed E-state index contributed by atoms with van der Waals surface area (Å²) in [5, 5.41) is 3.61. The molecular formula is C23H33ClN6O3. The van der Waals surface area contributed by atoms with Gasteiger partial charge in [-0.15, -0.1) is 0 Å². The van der Waals surface area contributed by atoms with E-state index in [9.17, 15) is 9.59 Å². The summed E-state index contributed by atoms with van der Waals surface area (Å²) in [6.07, 6.45) is 8.21. The first kappa shape index (κ1) is 23.6. The van der Waals surface area contributed by atoms with Crippen molar-refractivity contribution in [1.29, 1.82) is 0 Å². The number of hydrogen-bond acceptors (Lipinski definition) is 6. The Morgan fingerprint density at radius 2 is 1.91 bits per heavy atom. The second-order valence-electron chi connectivity index (χ2n) is 8.84. The Labute approximate surface area is 200 Å². The number of carbonyl (C=O) groups excluding carboxylic acids is 2. The Morgan fingerprint density at radius 3 is 2.61 bits per heavy atom. The number of halogens is 1. The molecule has 4 rings (SSSR count). The largest absolute Gasteiger partial charge is 0.352 e. The number of nitrogens with zero attached hydrogens (tertiary/aromatic N) is 4. The van der Waals surface area contributed by atoms with Crippen molar-refractivity contribution in [1.82, 2.24) is 25.6 Å². The number of rotatable bonds is 6. The molecule has 1 spiro atoms. The zero-order chi connectivity index (χ0) is 23.3. The standard InChI is InChI=1S/C23H33ClN6O3/c1-2-3-4-9-26-22(32)30-11-7-23(8-12-30)17-19(27-33-23)21(31)29-15-13-28(14-16-29)20-18(24)6-5-10-25-20/h5-6,10,17,27H,2-4,7-9,11-16H2,1H3,(H,26,32). The summed E-state index contributed by atoms with van der Waals surface area (Å²) in [6.45, 7) is 6.57. The highest BCUT2D eigenvalue weighted by Gasteiger charge is 2.41. The molecule has 3 amide bonds. The minimum atomic E-state index is -0.534. The lowest BCUT2D eigenvalue weighted by Gasteiger charge is -2.36. The number of hydroxylamine groups is 1. The van der Waals surface area contributed by atoms with Gasteiger partial charge in [-0.25, -0.2) is 9.78 Å². The number of urea groups is 1. The zero-order valence-electron chi connectivity index (χ0n) is 19.2. The highest BCUT2D eigenvalue weighted by atomic mass is 35.5. The minimum Gasteiger partial charge on any atom is -0.352 e. The van der Waals surface area contributed by atoms with Crippen molar-refractivity contribution in [3.05, 3.63) is 35.1 Å². The molecule has 33 heavy (non-hydrogen) atoms. The molecule has 10 heteroatoms. The number of likely N-dealkylation sites (tertiary alicyclic amines) is 1. The van der Waals surface area contributed by atoms with Crippen molar-refractivity contribution >= 4 is 29.4 Å². The number of unbranched alkanes of at least 4 members (excludes halogenated alkanes) is 2. The van der Waals surface area contributed by atoms with E-state index < -0.39 is 5.60 Å². The third-order valence-electron chi connectivity index (χ3n) is 6.56. The fraction of sp³-hybridized carbons (Fsp3) is 0.609. The van der Waals surface area contributed by atoms with Gasteiger partial charge in [-0.1, -0.05) is 31.4 Å². The van der Waals surface area contributed by atoms with Gasteiger partial charge in [0.25, 0.3) is 5.91 Å². The van der Waals surface area contributed by atoms with Crippen LogP contribution in [-0.4, -0.2) is 78.1 Å². The van der Waals surface area contributed by atoms with Crippen LogP contribution in [0.4, 0.5) is 10.6 Å². The molecular weight excluding hydrogens is 444 g/mol. The molecule has 3 aliphatic rings. The lowest BCUT2D eigenvalue weighted by molar-refractivity contribution is -0.129. The number of piperidine rings is 1. The Kier molecular flexibility index (Phi) is 7.60. The van der Waals surface area contributed by atoms with Gasteiger partial charge in [0.15, 0.2) is 0 Å². The summed E-state index contributed by atoms with van der Waals surface area (Å²) in [4.78, 5) is 41.4. The first-order valence-corrected chi connectivity index (χ1v) is 12.2. The first-order valence-electron chi connectivity index (χ1n) is 11.9. The van der Waals surface area contributed by atoms with Gasteiger partial charge in [0.1, 0.15) is 17.1 Å². The number of carbonyl (C=O) groups is 2. The van der Waals surface area contributed by atoms with Crippen molar-refractivity contribution in [2.45, 2.75) is 44.6 Å². The van der Waals surface area contributed by atoms with Crippen LogP contribution in [0.1, 0.15) is 39.0 Å². The number of amides is 3. The second kappa shape index (κ2) is 10.6. The molecule has 0 aromatic carbocycles. The summed E-state index contributed by atoms with van der Waals surface area (Å²) >= 11 is 6.26. The van der Waals surface area contributed by atoms with Gasteiger partial charge in [0.05, 0.1) is 5.02 Å². The van der Waals surface area contributed by atoms with E-state index in [1.807, 2.05) is 28.0 Å². The Hall–Kier alpha value is -2.52. The maximum Gasteiger partial charge on any atom is 0.317 e. The Morgan fingerprint density at radius 1 is 1.15 bits per heavy atom. The van der Waals surface area contributed by atoms with E-state index >= 15 is 0 Å². The summed E-state index contributed by atoms with van der Waals surface area (Å²) in [5.74, 6) is 0.697. The van der Waals surface area contributed by atoms with Gasteiger partial charge in [-0.2, -0.15) is 0 Å². The summed E-state index contributed by atoms with van der Waals surface area (Å²) in [5.41, 5.74) is 2.81. The molecule has 0 bridgehead atoms. The molecule has 2 fully saturated rings. The van der Waals surface area contributed by atoms with Crippen LogP contribution in [0, 0.1) is 0 Å². The molecule has 1 aromatic heterocycles. The third kappa shape index (κ3) is 5.52. The number of aromatic nitrogens is 1. The number of anilines is 1. The zero-order valence-corrected chi connectivity index (χ0v) is 19.9. The Balaban J connectivity index is 1.26. The predicted molar refractivity (Wildman–Crippen MR) is 127 cm³/mol. The van der Waals surface area contributed by atoms with E-state index in [2.05, 4.69) is 27.6 Å². The average molecular weight is 477 g/mol. The van der Waals surface area contributed by atoms with Crippen LogP contribution in [0.15, 0.2) is 30.1 Å². The molecule has 9 nitrogen and oxygen atoms in total. The lowest BCUT2D eigenvalue weighted by atomic mass is 9.91. The molecule has 0 aliphatic carbocycles. The molecule has 2 saturated heterocycles. The maximum atomic E-state index is 13.1. The van der Waals surface area contributed by atoms with Gasteiger partial charge in [0.2, 0.25) is 0 Å². The van der Waals surface area contributed by atoms with Crippen LogP contribution >= 0.6 is 11.6 Å². The van der Waals surface area contributed by atoms with Crippen LogP contribution in [0.5, 0.6) is 0 Å². The van der Waals surface area contributed by atoms with E-state index in [4.69, 9.17) is 16.4 Å². The van der Waals surface area contributed by atoms with E-state index in [0.717, 1.165) is 25.1 Å². The Bertz CT molecular complexity index is 879. The molecule has 0 atom stereocenters. The van der Waals surface area contributed by atoms with Gasteiger partial charge < -0.3 is 20.0 Å². The molecule has 2 N–H and O–H groups in total. The average Bonchev–Trinajstić information content (AvgIpc) is 3.25. The SMILES string of the molecule is CCCCCNC(=O)N1CCC2(C=C(C(=O)N3CCN(c4ncccc4Cl)CC3)NO2)CC1. The number of nitrogens with one attached hydrogen (secondary N) is 2. The summed E-state index contributed by atoms with van der Waals surface area (Å²) in [6, 6.07) is 3.62. The monoisotopic (exact) mass is 476 g/mol. The van der Waals surface area contributed by atoms with Gasteiger partial charge in [-0.3, -0.25) is 15.1 Å². The first-order chi connectivity index (χ1) is 16.0. The maximum absolute atomic E-state index is 13.1. The van der Waals surface area contributed by atoms with Gasteiger partial charge in [-0.05, 0) is 24.6 Å². The van der Waals surface area contributed by atoms with Crippen molar-refractivity contribution in [2.75, 3.05) is 50.7 Å². The second-order valence-corrected chi connectivity index (χ2v) is 9.25. The molecule has 180 valence electrons. The van der Waals surface area contributed by atoms with E-state index in [1.165, 1.54) is 0 Å². The fourth-order valence-corrected chi connectivity index (χ4v) is 4.74. The lowest BCUT2D eigenvalue weighted by Crippen LogP contribution is -2.50. The van der Waals surface area contributed by atoms with Crippen molar-refractivity contribution in [3.63, 3.8) is 0 Å². The van der Waals surface area contributed by atoms with E-state index in [0.29, 0.717) is 69.4 Å². The fourth-order valence-electron chi connectivity index (χ4n) is 4.50. The third-order valence-corrected chi connectivity index (χ3v) is 6.86. The van der Waals surface area contributed by atoms with Crippen molar-refractivity contribution < 1.29 is 14.4 Å². The smallest absolute Gasteiger partial charge is 0.317 e. The highest BCUT2D eigenvalue weighted by Crippen LogP contribution is 2.32. The van der Waals surface area contributed by atoms with Crippen LogP contribution < -0.4 is 15.7 Å². The molecule has 4 heterocycles. The van der Waals surface area contributed by atoms with E-state index in [-0.39, 0.29) is 11.9 Å². The summed E-state index contributed by atoms with van der Waals surface area (Å²) in [7, 11) is 0. The number of hydrogen-bond donors (Lipinski definition) is 2. The number of piperazine rings is 1. The van der Waals surface area contributed by atoms with E-state index in [1.54, 1.807) is 6.20 Å². The van der Waals surface area contributed by atoms with Crippen LogP contribution in [0.2, 0.25) is 5.02 Å². The molecule has 0 radical (unpaired) electrons. The molecule has 0 saturated carbocycles. The number of pyridine rings is 1. The van der Waals surface area contributed by atoms with Gasteiger partial charge in [0, 0.05) is 64.9 Å².